The summed E-state index contributed by atoms with van der Waals surface area (Å²) in [6.07, 6.45) is -2.28. The number of Topliss-reactive ketones (excluding diaryl/α,β-unsaturated/α-hetero) is 1. The van der Waals surface area contributed by atoms with Gasteiger partial charge in [0.2, 0.25) is 0 Å². The van der Waals surface area contributed by atoms with Gasteiger partial charge >= 0.3 is 17.9 Å². The lowest BCUT2D eigenvalue weighted by Crippen LogP contribution is -2.39. The van der Waals surface area contributed by atoms with Crippen molar-refractivity contribution in [2.75, 3.05) is 0 Å². The summed E-state index contributed by atoms with van der Waals surface area (Å²) in [6, 6.07) is 98.1. The number of ketones is 1. The van der Waals surface area contributed by atoms with Gasteiger partial charge in [0, 0.05) is 61.8 Å². The largest absolute Gasteiger partial charge is 0.509 e. The number of rotatable bonds is 36. The second-order valence-electron chi connectivity index (χ2n) is 31.7. The SMILES string of the molecule is C=C(O)C(C)Oc1ccc(Cl)cc1COc1ccc(OCc2ccc3ccccc3n2)cc1.CC(Oc1c(Cl)cccc1COc1ccc(OCc2ccc3ccccc3n2)cc1)C(=O)O.CC(Oc1c(Cl)cccc1COc1cccc(OCc2ccc3ccccc3n2)c1)C(=O)O.CC1(CCC(=O)O)CC(=O)c2ccc(OCc3cccc(OCc4ccc5ccccc5n4)c3)cc2O1. The molecular weight excluding hydrogens is 1790 g/mol. The summed E-state index contributed by atoms with van der Waals surface area (Å²) < 4.78 is 70.1. The maximum Gasteiger partial charge on any atom is 0.344 e. The summed E-state index contributed by atoms with van der Waals surface area (Å²) in [4.78, 5) is 64.4. The molecule has 136 heavy (non-hydrogen) atoms. The van der Waals surface area contributed by atoms with E-state index in [0.29, 0.717) is 128 Å². The van der Waals surface area contributed by atoms with Crippen molar-refractivity contribution in [2.24, 2.45) is 0 Å². The van der Waals surface area contributed by atoms with Crippen LogP contribution in [-0.4, -0.2) is 88.0 Å². The topological polar surface area (TPSA) is 312 Å². The monoisotopic (exact) mass is 1880 g/mol. The van der Waals surface area contributed by atoms with Crippen molar-refractivity contribution in [3.8, 4) is 69.0 Å². The van der Waals surface area contributed by atoms with Crippen molar-refractivity contribution in [2.45, 2.75) is 124 Å². The van der Waals surface area contributed by atoms with Gasteiger partial charge in [-0.05, 0) is 203 Å². The molecule has 0 spiro atoms. The number of fused-ring (bicyclic) bond motifs is 5. The maximum absolute atomic E-state index is 12.6. The average Bonchev–Trinajstić information content (AvgIpc) is 0.783. The van der Waals surface area contributed by atoms with E-state index in [0.717, 1.165) is 83.3 Å². The van der Waals surface area contributed by atoms with Gasteiger partial charge in [-0.15, -0.1) is 0 Å². The van der Waals surface area contributed by atoms with E-state index in [1.807, 2.05) is 224 Å². The molecule has 0 aliphatic carbocycles. The summed E-state index contributed by atoms with van der Waals surface area (Å²) in [5, 5.41) is 42.4. The minimum Gasteiger partial charge on any atom is -0.509 e. The number of pyridine rings is 4. The van der Waals surface area contributed by atoms with Gasteiger partial charge in [0.25, 0.3) is 0 Å². The van der Waals surface area contributed by atoms with Crippen molar-refractivity contribution in [3.63, 3.8) is 0 Å². The predicted molar refractivity (Wildman–Crippen MR) is 520 cm³/mol. The number of benzene rings is 12. The zero-order valence-electron chi connectivity index (χ0n) is 74.5. The number of carbonyl (C=O) groups excluding carboxylic acids is 1. The first kappa shape index (κ1) is 96.4. The highest BCUT2D eigenvalue weighted by Crippen LogP contribution is 2.40. The molecule has 17 rings (SSSR count). The second kappa shape index (κ2) is 46.6. The number of aliphatic hydroxyl groups excluding tert-OH is 1. The van der Waals surface area contributed by atoms with Gasteiger partial charge in [-0.2, -0.15) is 0 Å². The lowest BCUT2D eigenvalue weighted by Gasteiger charge is -2.34. The van der Waals surface area contributed by atoms with E-state index in [-0.39, 0.29) is 50.6 Å². The van der Waals surface area contributed by atoms with Crippen LogP contribution in [0.5, 0.6) is 69.0 Å². The Hall–Kier alpha value is -15.6. The van der Waals surface area contributed by atoms with Crippen LogP contribution in [-0.2, 0) is 67.2 Å². The Morgan fingerprint density at radius 3 is 1.17 bits per heavy atom. The Kier molecular flexibility index (Phi) is 33.1. The van der Waals surface area contributed by atoms with Crippen LogP contribution in [0, 0.1) is 0 Å². The molecule has 692 valence electrons. The molecule has 5 heterocycles. The molecule has 16 aromatic rings. The van der Waals surface area contributed by atoms with Gasteiger partial charge in [-0.1, -0.05) is 181 Å². The third kappa shape index (κ3) is 27.8. The van der Waals surface area contributed by atoms with Crippen LogP contribution in [0.15, 0.2) is 328 Å². The van der Waals surface area contributed by atoms with Gasteiger partial charge in [0.15, 0.2) is 24.1 Å². The van der Waals surface area contributed by atoms with E-state index in [9.17, 15) is 24.3 Å². The molecule has 4 unspecified atom stereocenters. The number of aliphatic hydroxyl groups is 1. The lowest BCUT2D eigenvalue weighted by atomic mass is 9.88. The average molecular weight is 1890 g/mol. The van der Waals surface area contributed by atoms with Crippen molar-refractivity contribution < 1.29 is 96.4 Å². The summed E-state index contributed by atoms with van der Waals surface area (Å²) >= 11 is 18.6. The fourth-order valence-electron chi connectivity index (χ4n) is 13.9. The van der Waals surface area contributed by atoms with Gasteiger partial charge in [0.1, 0.15) is 133 Å². The van der Waals surface area contributed by atoms with Crippen LogP contribution in [0.4, 0.5) is 0 Å². The molecule has 1 aliphatic heterocycles. The number of nitrogens with zero attached hydrogens (tertiary/aromatic N) is 4. The number of aromatic nitrogens is 4. The molecule has 4 atom stereocenters. The molecule has 12 aromatic carbocycles. The number of hydrogen-bond acceptors (Lipinski definition) is 21. The van der Waals surface area contributed by atoms with E-state index in [2.05, 4.69) is 26.5 Å². The molecule has 0 fully saturated rings. The van der Waals surface area contributed by atoms with Gasteiger partial charge in [0.05, 0.1) is 66.9 Å². The third-order valence-electron chi connectivity index (χ3n) is 21.3. The van der Waals surface area contributed by atoms with Gasteiger partial charge in [-0.25, -0.2) is 29.5 Å². The number of para-hydroxylation sites is 6. The number of ether oxygens (including phenoxy) is 12. The number of hydrogen-bond donors (Lipinski definition) is 4. The Morgan fingerprint density at radius 2 is 0.743 bits per heavy atom. The fourth-order valence-corrected chi connectivity index (χ4v) is 14.6. The van der Waals surface area contributed by atoms with Gasteiger partial charge < -0.3 is 77.3 Å². The molecule has 24 nitrogen and oxygen atoms in total. The molecule has 4 N–H and O–H groups in total. The smallest absolute Gasteiger partial charge is 0.344 e. The second-order valence-corrected chi connectivity index (χ2v) is 33.0. The molecule has 0 amide bonds. The van der Waals surface area contributed by atoms with Crippen LogP contribution in [0.25, 0.3) is 43.6 Å². The molecule has 0 radical (unpaired) electrons. The Bertz CT molecular complexity index is 6760. The zero-order valence-corrected chi connectivity index (χ0v) is 76.8. The highest BCUT2D eigenvalue weighted by Gasteiger charge is 2.37. The number of aliphatic carboxylic acids is 3. The molecule has 1 aliphatic rings. The molecule has 27 heteroatoms. The van der Waals surface area contributed by atoms with Gasteiger partial charge in [-0.3, -0.25) is 9.59 Å². The van der Waals surface area contributed by atoms with E-state index < -0.39 is 41.8 Å². The first-order chi connectivity index (χ1) is 65.8. The van der Waals surface area contributed by atoms with E-state index in [1.54, 1.807) is 105 Å². The quantitative estimate of drug-likeness (QED) is 0.0265. The zero-order chi connectivity index (χ0) is 95.5. The number of carboxylic acids is 3. The summed E-state index contributed by atoms with van der Waals surface area (Å²) in [5.74, 6) is 3.64. The van der Waals surface area contributed by atoms with Crippen molar-refractivity contribution in [1.29, 1.82) is 0 Å². The normalized spacial score (nSPS) is 13.0. The number of carbonyl (C=O) groups is 4. The summed E-state index contributed by atoms with van der Waals surface area (Å²) in [5.41, 5.74) is 9.73. The standard InChI is InChI=1S/C30H27NO6.C27H24ClNO4.2C26H22ClNO5/c1-30(14-13-29(33)34)17-27(32)25-12-11-24(16-28(25)37-30)35-18-20-5-4-7-23(15-20)36-19-22-10-9-21-6-2-3-8-26(21)31-22;1-18(30)19(2)33-27-14-8-22(28)15-21(27)16-31-24-10-12-25(13-11-24)32-17-23-9-7-20-5-3-4-6-26(20)29-23;1-17(26(29)30)33-25-19(7-4-10-23(25)27)15-31-21-8-5-9-22(14-21)32-16-20-13-12-18-6-2-3-11-24(18)28-20;1-17(26(29)30)33-25-19(6-4-7-23(25)27)15-31-21-11-13-22(14-12-21)32-16-20-10-9-18-5-2-3-8-24(18)28-20/h2-12,15-16H,13-14,17-19H2,1H3,(H,33,34);3-15,19,30H,1,16-17H2,2H3;2*2-14,17H,15-16H2,1H3,(H,29,30). The highest BCUT2D eigenvalue weighted by atomic mass is 35.5. The summed E-state index contributed by atoms with van der Waals surface area (Å²) in [6.45, 7) is 12.2. The van der Waals surface area contributed by atoms with Crippen LogP contribution in [0.3, 0.4) is 0 Å². The molecule has 4 aromatic heterocycles. The lowest BCUT2D eigenvalue weighted by molar-refractivity contribution is -0.145. The molecular formula is C109H95Cl3N4O20. The Labute approximate surface area is 799 Å². The maximum atomic E-state index is 12.6. The number of carboxylic acid groups (broad SMARTS) is 3. The minimum atomic E-state index is -1.08. The third-order valence-corrected chi connectivity index (χ3v) is 22.1. The Balaban J connectivity index is 0.000000145. The number of halogens is 3. The fraction of sp³-hybridized carbons (Fsp3) is 0.174. The van der Waals surface area contributed by atoms with E-state index in [1.165, 1.54) is 13.8 Å². The van der Waals surface area contributed by atoms with Crippen molar-refractivity contribution in [1.82, 2.24) is 19.9 Å². The van der Waals surface area contributed by atoms with E-state index >= 15 is 0 Å². The summed E-state index contributed by atoms with van der Waals surface area (Å²) in [7, 11) is 0. The van der Waals surface area contributed by atoms with Crippen LogP contribution >= 0.6 is 34.8 Å². The first-order valence-electron chi connectivity index (χ1n) is 43.4. The van der Waals surface area contributed by atoms with Crippen LogP contribution in [0.2, 0.25) is 15.1 Å². The molecule has 0 saturated carbocycles. The molecule has 0 saturated heterocycles. The van der Waals surface area contributed by atoms with E-state index in [4.69, 9.17) is 107 Å². The van der Waals surface area contributed by atoms with Crippen molar-refractivity contribution >= 4 is 102 Å². The first-order valence-corrected chi connectivity index (χ1v) is 44.5. The Morgan fingerprint density at radius 1 is 0.375 bits per heavy atom. The molecule has 0 bridgehead atoms. The highest BCUT2D eigenvalue weighted by molar-refractivity contribution is 6.32. The minimum absolute atomic E-state index is 0.0497. The van der Waals surface area contributed by atoms with Crippen molar-refractivity contribution in [3.05, 3.63) is 393 Å². The predicted octanol–water partition coefficient (Wildman–Crippen LogP) is 24.7. The van der Waals surface area contributed by atoms with Crippen LogP contribution in [0.1, 0.15) is 102 Å². The van der Waals surface area contributed by atoms with Crippen LogP contribution < -0.4 is 56.8 Å².